The lowest BCUT2D eigenvalue weighted by Crippen LogP contribution is -1.94. The van der Waals surface area contributed by atoms with Crippen molar-refractivity contribution in [1.29, 1.82) is 0 Å². The van der Waals surface area contributed by atoms with E-state index < -0.39 is 0 Å². The van der Waals surface area contributed by atoms with Crippen LogP contribution in [0.5, 0.6) is 0 Å². The summed E-state index contributed by atoms with van der Waals surface area (Å²) in [4.78, 5) is 0. The summed E-state index contributed by atoms with van der Waals surface area (Å²) in [5.74, 6) is 0. The fourth-order valence-electron chi connectivity index (χ4n) is 3.22. The molecule has 0 aromatic carbocycles. The Bertz CT molecular complexity index is 142. The lowest BCUT2D eigenvalue weighted by atomic mass is 10.0. The molecule has 0 bridgehead atoms. The third kappa shape index (κ3) is 0.395. The van der Waals surface area contributed by atoms with Crippen molar-refractivity contribution < 1.29 is 0 Å². The van der Waals surface area contributed by atoms with E-state index in [1.165, 1.54) is 0 Å². The smallest absolute Gasteiger partial charge is 0.0235 e. The summed E-state index contributed by atoms with van der Waals surface area (Å²) in [6.45, 7) is 0. The van der Waals surface area contributed by atoms with E-state index >= 15 is 0 Å². The number of hydrogen-bond donors (Lipinski definition) is 0. The fraction of sp³-hybridized carbons (Fsp3) is 1.00. The van der Waals surface area contributed by atoms with E-state index in [-0.39, 0.29) is 0 Å². The Morgan fingerprint density at radius 3 is 1.67 bits per heavy atom. The molecule has 3 rings (SSSR count). The maximum absolute atomic E-state index is 1.62. The molecule has 0 atom stereocenters. The molecular weight excluding hydrogens is 108 g/mol. The van der Waals surface area contributed by atoms with Gasteiger partial charge in [0.2, 0.25) is 0 Å². The normalized spacial score (nSPS) is 40.0. The predicted octanol–water partition coefficient (Wildman–Crippen LogP) is 2.73. The molecule has 0 nitrogen and oxygen atoms in total. The van der Waals surface area contributed by atoms with Crippen LogP contribution in [0.3, 0.4) is 0 Å². The fourth-order valence-corrected chi connectivity index (χ4v) is 3.22. The van der Waals surface area contributed by atoms with Gasteiger partial charge in [0, 0.05) is 0 Å². The van der Waals surface area contributed by atoms with Gasteiger partial charge in [-0.2, -0.15) is 0 Å². The Balaban J connectivity index is 1.90. The van der Waals surface area contributed by atoms with Gasteiger partial charge in [0.25, 0.3) is 0 Å². The van der Waals surface area contributed by atoms with Crippen molar-refractivity contribution in [2.45, 2.75) is 44.9 Å². The molecule has 50 valence electrons. The summed E-state index contributed by atoms with van der Waals surface area (Å²) >= 11 is 0. The highest BCUT2D eigenvalue weighted by atomic mass is 14.8. The Kier molecular flexibility index (Phi) is 0.574. The molecule has 0 aromatic rings. The summed E-state index contributed by atoms with van der Waals surface area (Å²) in [6, 6.07) is 0. The zero-order chi connectivity index (χ0) is 5.95. The van der Waals surface area contributed by atoms with Crippen molar-refractivity contribution in [2.75, 3.05) is 0 Å². The minimum atomic E-state index is 0.951. The second kappa shape index (κ2) is 1.09. The summed E-state index contributed by atoms with van der Waals surface area (Å²) in [5.41, 5.74) is 1.93. The zero-order valence-corrected chi connectivity index (χ0v) is 5.95. The van der Waals surface area contributed by atoms with Gasteiger partial charge < -0.3 is 0 Å². The topological polar surface area (TPSA) is 0 Å². The van der Waals surface area contributed by atoms with Crippen molar-refractivity contribution in [3.05, 3.63) is 0 Å². The van der Waals surface area contributed by atoms with Gasteiger partial charge in [-0.1, -0.05) is 12.8 Å². The summed E-state index contributed by atoms with van der Waals surface area (Å²) in [5, 5.41) is 0. The van der Waals surface area contributed by atoms with Gasteiger partial charge in [0.05, 0.1) is 0 Å². The Hall–Kier alpha value is 0. The number of fused-ring (bicyclic) bond motifs is 1. The van der Waals surface area contributed by atoms with Crippen molar-refractivity contribution >= 4 is 0 Å². The highest BCUT2D eigenvalue weighted by molar-refractivity contribution is 5.23. The van der Waals surface area contributed by atoms with Crippen LogP contribution < -0.4 is 0 Å². The van der Waals surface area contributed by atoms with Gasteiger partial charge in [-0.15, -0.1) is 0 Å². The first-order valence-corrected chi connectivity index (χ1v) is 4.37. The average Bonchev–Trinajstić information content (AvgIpc) is 2.65. The monoisotopic (exact) mass is 122 g/mol. The molecule has 9 heavy (non-hydrogen) atoms. The molecule has 0 saturated heterocycles. The summed E-state index contributed by atoms with van der Waals surface area (Å²) in [7, 11) is 0. The van der Waals surface area contributed by atoms with E-state index in [0.29, 0.717) is 0 Å². The van der Waals surface area contributed by atoms with E-state index in [4.69, 9.17) is 0 Å². The van der Waals surface area contributed by atoms with E-state index in [1.807, 2.05) is 0 Å². The van der Waals surface area contributed by atoms with Gasteiger partial charge >= 0.3 is 0 Å². The lowest BCUT2D eigenvalue weighted by Gasteiger charge is -2.03. The Morgan fingerprint density at radius 2 is 1.22 bits per heavy atom. The molecule has 0 aromatic heterocycles. The second-order valence-electron chi connectivity index (χ2n) is 4.44. The molecule has 0 heterocycles. The minimum Gasteiger partial charge on any atom is -0.0527 e. The maximum Gasteiger partial charge on any atom is -0.0235 e. The predicted molar refractivity (Wildman–Crippen MR) is 37.2 cm³/mol. The highest BCUT2D eigenvalue weighted by Crippen LogP contribution is 2.83. The summed E-state index contributed by atoms with van der Waals surface area (Å²) < 4.78 is 0. The Labute approximate surface area is 56.6 Å². The number of hydrogen-bond acceptors (Lipinski definition) is 0. The van der Waals surface area contributed by atoms with Gasteiger partial charge in [-0.3, -0.25) is 0 Å². The SMILES string of the molecule is C1CCC2(C1)CC21CC1. The first kappa shape index (κ1) is 4.76. The van der Waals surface area contributed by atoms with Crippen molar-refractivity contribution in [3.63, 3.8) is 0 Å². The largest absolute Gasteiger partial charge is 0.0527 e. The van der Waals surface area contributed by atoms with Gasteiger partial charge in [0.15, 0.2) is 0 Å². The second-order valence-corrected chi connectivity index (χ2v) is 4.44. The molecule has 0 radical (unpaired) electrons. The minimum absolute atomic E-state index is 0.951. The third-order valence-electron chi connectivity index (χ3n) is 4.09. The van der Waals surface area contributed by atoms with Gasteiger partial charge in [0.1, 0.15) is 0 Å². The molecule has 3 aliphatic carbocycles. The van der Waals surface area contributed by atoms with Gasteiger partial charge in [-0.25, -0.2) is 0 Å². The van der Waals surface area contributed by atoms with Crippen LogP contribution in [0, 0.1) is 10.8 Å². The van der Waals surface area contributed by atoms with Crippen LogP contribution in [0.4, 0.5) is 0 Å². The molecule has 0 aliphatic heterocycles. The van der Waals surface area contributed by atoms with Gasteiger partial charge in [-0.05, 0) is 42.9 Å². The van der Waals surface area contributed by atoms with Crippen LogP contribution >= 0.6 is 0 Å². The van der Waals surface area contributed by atoms with Crippen molar-refractivity contribution in [2.24, 2.45) is 10.8 Å². The zero-order valence-electron chi connectivity index (χ0n) is 5.95. The molecule has 0 N–H and O–H groups in total. The van der Waals surface area contributed by atoms with Crippen LogP contribution in [-0.2, 0) is 0 Å². The molecule has 3 saturated carbocycles. The molecule has 3 aliphatic rings. The van der Waals surface area contributed by atoms with Crippen LogP contribution in [0.15, 0.2) is 0 Å². The van der Waals surface area contributed by atoms with Crippen LogP contribution in [-0.4, -0.2) is 0 Å². The van der Waals surface area contributed by atoms with E-state index in [1.54, 1.807) is 44.9 Å². The Morgan fingerprint density at radius 1 is 0.667 bits per heavy atom. The highest BCUT2D eigenvalue weighted by Gasteiger charge is 2.73. The molecule has 3 fully saturated rings. The lowest BCUT2D eigenvalue weighted by molar-refractivity contribution is 0.462. The van der Waals surface area contributed by atoms with Crippen LogP contribution in [0.25, 0.3) is 0 Å². The van der Waals surface area contributed by atoms with Crippen LogP contribution in [0.2, 0.25) is 0 Å². The first-order valence-electron chi connectivity index (χ1n) is 4.37. The average molecular weight is 122 g/mol. The molecule has 0 unspecified atom stereocenters. The van der Waals surface area contributed by atoms with Crippen molar-refractivity contribution in [3.8, 4) is 0 Å². The summed E-state index contributed by atoms with van der Waals surface area (Å²) in [6.07, 6.45) is 11.1. The number of rotatable bonds is 0. The van der Waals surface area contributed by atoms with Crippen LogP contribution in [0.1, 0.15) is 44.9 Å². The molecule has 0 amide bonds. The maximum atomic E-state index is 1.62. The standard InChI is InChI=1S/C9H14/c1-2-4-8(3-1)7-9(8)5-6-9/h1-7H2. The quantitative estimate of drug-likeness (QED) is 0.463. The molecule has 0 heteroatoms. The van der Waals surface area contributed by atoms with Crippen molar-refractivity contribution in [1.82, 2.24) is 0 Å². The van der Waals surface area contributed by atoms with E-state index in [0.717, 1.165) is 10.8 Å². The first-order chi connectivity index (χ1) is 4.37. The van der Waals surface area contributed by atoms with E-state index in [2.05, 4.69) is 0 Å². The molecule has 2 spiro atoms. The molecular formula is C9H14. The third-order valence-corrected chi connectivity index (χ3v) is 4.09. The van der Waals surface area contributed by atoms with E-state index in [9.17, 15) is 0 Å².